The molecule has 0 spiro atoms. The van der Waals surface area contributed by atoms with Crippen molar-refractivity contribution in [3.05, 3.63) is 11.7 Å². The summed E-state index contributed by atoms with van der Waals surface area (Å²) in [5.74, 6) is 2.80. The molecule has 2 N–H and O–H groups in total. The van der Waals surface area contributed by atoms with Crippen molar-refractivity contribution >= 4 is 11.8 Å². The molecule has 4 nitrogen and oxygen atoms in total. The van der Waals surface area contributed by atoms with Crippen molar-refractivity contribution in [3.63, 3.8) is 0 Å². The molecular weight excluding hydrogens is 222 g/mol. The first-order valence-electron chi connectivity index (χ1n) is 5.78. The van der Waals surface area contributed by atoms with Crippen LogP contribution in [-0.4, -0.2) is 21.1 Å². The molecule has 0 amide bonds. The number of aromatic nitrogens is 2. The van der Waals surface area contributed by atoms with E-state index in [-0.39, 0.29) is 5.92 Å². The van der Waals surface area contributed by atoms with Crippen LogP contribution in [0.5, 0.6) is 0 Å². The van der Waals surface area contributed by atoms with E-state index in [4.69, 9.17) is 10.3 Å². The van der Waals surface area contributed by atoms with Crippen LogP contribution in [0.25, 0.3) is 0 Å². The molecule has 2 atom stereocenters. The number of rotatable bonds is 2. The maximum absolute atomic E-state index is 6.43. The van der Waals surface area contributed by atoms with Gasteiger partial charge in [-0.05, 0) is 18.6 Å². The molecule has 1 aromatic heterocycles. The Labute approximate surface area is 100 Å². The Kier molecular flexibility index (Phi) is 3.26. The number of nitrogens with two attached hydrogens (primary N) is 1. The standard InChI is InChI=1S/C11H19N3OS/c1-7(2)9-13-10(14-15-9)11(12)5-4-6-16-8(11)3/h7-8H,4-6,12H2,1-3H3. The van der Waals surface area contributed by atoms with Gasteiger partial charge in [-0.1, -0.05) is 25.9 Å². The molecular formula is C11H19N3OS. The molecule has 1 fully saturated rings. The third-order valence-corrected chi connectivity index (χ3v) is 4.62. The Morgan fingerprint density at radius 1 is 1.56 bits per heavy atom. The summed E-state index contributed by atoms with van der Waals surface area (Å²) >= 11 is 1.89. The fourth-order valence-corrected chi connectivity index (χ4v) is 3.11. The highest BCUT2D eigenvalue weighted by Gasteiger charge is 2.40. The van der Waals surface area contributed by atoms with Gasteiger partial charge in [-0.3, -0.25) is 0 Å². The quantitative estimate of drug-likeness (QED) is 0.860. The van der Waals surface area contributed by atoms with Gasteiger partial charge in [-0.2, -0.15) is 16.7 Å². The highest BCUT2D eigenvalue weighted by atomic mass is 32.2. The van der Waals surface area contributed by atoms with Gasteiger partial charge >= 0.3 is 0 Å². The first-order valence-corrected chi connectivity index (χ1v) is 6.83. The minimum atomic E-state index is -0.417. The molecule has 2 unspecified atom stereocenters. The van der Waals surface area contributed by atoms with Crippen molar-refractivity contribution in [2.45, 2.75) is 50.3 Å². The summed E-state index contributed by atoms with van der Waals surface area (Å²) in [7, 11) is 0. The van der Waals surface area contributed by atoms with Gasteiger partial charge < -0.3 is 10.3 Å². The lowest BCUT2D eigenvalue weighted by molar-refractivity contribution is 0.323. The maximum Gasteiger partial charge on any atom is 0.229 e. The average Bonchev–Trinajstić information content (AvgIpc) is 2.72. The molecule has 0 saturated carbocycles. The summed E-state index contributed by atoms with van der Waals surface area (Å²) < 4.78 is 5.24. The Balaban J connectivity index is 2.27. The van der Waals surface area contributed by atoms with E-state index in [1.807, 2.05) is 25.6 Å². The zero-order valence-corrected chi connectivity index (χ0v) is 10.9. The smallest absolute Gasteiger partial charge is 0.229 e. The number of hydrogen-bond acceptors (Lipinski definition) is 5. The van der Waals surface area contributed by atoms with Crippen LogP contribution in [-0.2, 0) is 5.54 Å². The lowest BCUT2D eigenvalue weighted by Crippen LogP contribution is -2.48. The summed E-state index contributed by atoms with van der Waals surface area (Å²) in [4.78, 5) is 4.44. The Hall–Kier alpha value is -0.550. The second-order valence-electron chi connectivity index (χ2n) is 4.77. The van der Waals surface area contributed by atoms with E-state index in [0.29, 0.717) is 17.0 Å². The molecule has 0 bridgehead atoms. The van der Waals surface area contributed by atoms with Crippen LogP contribution in [0.3, 0.4) is 0 Å². The van der Waals surface area contributed by atoms with Gasteiger partial charge in [0.15, 0.2) is 5.82 Å². The number of thioether (sulfide) groups is 1. The zero-order chi connectivity index (χ0) is 11.8. The van der Waals surface area contributed by atoms with E-state index in [0.717, 1.165) is 12.8 Å². The Morgan fingerprint density at radius 3 is 2.88 bits per heavy atom. The van der Waals surface area contributed by atoms with Crippen LogP contribution in [0, 0.1) is 0 Å². The lowest BCUT2D eigenvalue weighted by atomic mass is 9.90. The van der Waals surface area contributed by atoms with Crippen molar-refractivity contribution < 1.29 is 4.52 Å². The monoisotopic (exact) mass is 241 g/mol. The summed E-state index contributed by atoms with van der Waals surface area (Å²) in [6, 6.07) is 0. The van der Waals surface area contributed by atoms with E-state index in [1.54, 1.807) is 0 Å². The fraction of sp³-hybridized carbons (Fsp3) is 0.818. The van der Waals surface area contributed by atoms with Crippen LogP contribution in [0.2, 0.25) is 0 Å². The molecule has 90 valence electrons. The minimum Gasteiger partial charge on any atom is -0.339 e. The molecule has 1 aliphatic heterocycles. The van der Waals surface area contributed by atoms with Crippen LogP contribution in [0.1, 0.15) is 51.2 Å². The topological polar surface area (TPSA) is 64.9 Å². The van der Waals surface area contributed by atoms with Crippen LogP contribution < -0.4 is 5.73 Å². The molecule has 0 aromatic carbocycles. The normalized spacial score (nSPS) is 30.9. The van der Waals surface area contributed by atoms with Crippen LogP contribution in [0.15, 0.2) is 4.52 Å². The predicted molar refractivity (Wildman–Crippen MR) is 65.4 cm³/mol. The highest BCUT2D eigenvalue weighted by molar-refractivity contribution is 8.00. The fourth-order valence-electron chi connectivity index (χ4n) is 1.93. The molecule has 1 saturated heterocycles. The van der Waals surface area contributed by atoms with Gasteiger partial charge in [-0.25, -0.2) is 0 Å². The van der Waals surface area contributed by atoms with Crippen molar-refractivity contribution in [1.29, 1.82) is 0 Å². The van der Waals surface area contributed by atoms with E-state index in [9.17, 15) is 0 Å². The van der Waals surface area contributed by atoms with Crippen LogP contribution in [0.4, 0.5) is 0 Å². The average molecular weight is 241 g/mol. The minimum absolute atomic E-state index is 0.261. The summed E-state index contributed by atoms with van der Waals surface area (Å²) in [5.41, 5.74) is 6.01. The van der Waals surface area contributed by atoms with Gasteiger partial charge in [0.25, 0.3) is 0 Å². The second kappa shape index (κ2) is 4.37. The predicted octanol–water partition coefficient (Wildman–Crippen LogP) is 2.26. The van der Waals surface area contributed by atoms with Gasteiger partial charge in [0.2, 0.25) is 5.89 Å². The first-order chi connectivity index (χ1) is 7.54. The second-order valence-corrected chi connectivity index (χ2v) is 6.22. The third kappa shape index (κ3) is 1.98. The molecule has 16 heavy (non-hydrogen) atoms. The number of nitrogens with zero attached hydrogens (tertiary/aromatic N) is 2. The Bertz CT molecular complexity index is 366. The largest absolute Gasteiger partial charge is 0.339 e. The summed E-state index contributed by atoms with van der Waals surface area (Å²) in [6.07, 6.45) is 2.06. The Morgan fingerprint density at radius 2 is 2.31 bits per heavy atom. The lowest BCUT2D eigenvalue weighted by Gasteiger charge is -2.36. The molecule has 1 aliphatic rings. The maximum atomic E-state index is 6.43. The van der Waals surface area contributed by atoms with Crippen molar-refractivity contribution in [1.82, 2.24) is 10.1 Å². The van der Waals surface area contributed by atoms with Crippen LogP contribution >= 0.6 is 11.8 Å². The van der Waals surface area contributed by atoms with Crippen molar-refractivity contribution in [3.8, 4) is 0 Å². The SMILES string of the molecule is CC(C)c1nc(C2(N)CCCSC2C)no1. The molecule has 2 heterocycles. The summed E-state index contributed by atoms with van der Waals surface area (Å²) in [5, 5.41) is 4.41. The van der Waals surface area contributed by atoms with Gasteiger partial charge in [0.05, 0.1) is 5.54 Å². The van der Waals surface area contributed by atoms with Gasteiger partial charge in [0.1, 0.15) is 0 Å². The zero-order valence-electron chi connectivity index (χ0n) is 10.1. The molecule has 0 radical (unpaired) electrons. The third-order valence-electron chi connectivity index (χ3n) is 3.18. The van der Waals surface area contributed by atoms with E-state index in [1.165, 1.54) is 5.75 Å². The van der Waals surface area contributed by atoms with E-state index in [2.05, 4.69) is 17.1 Å². The highest BCUT2D eigenvalue weighted by Crippen LogP contribution is 2.38. The van der Waals surface area contributed by atoms with Crippen molar-refractivity contribution in [2.24, 2.45) is 5.73 Å². The number of hydrogen-bond donors (Lipinski definition) is 1. The first kappa shape index (κ1) is 11.9. The van der Waals surface area contributed by atoms with Gasteiger partial charge in [0, 0.05) is 11.2 Å². The molecule has 5 heteroatoms. The molecule has 0 aliphatic carbocycles. The van der Waals surface area contributed by atoms with Crippen molar-refractivity contribution in [2.75, 3.05) is 5.75 Å². The van der Waals surface area contributed by atoms with Gasteiger partial charge in [-0.15, -0.1) is 0 Å². The molecule has 2 rings (SSSR count). The molecule has 1 aromatic rings. The van der Waals surface area contributed by atoms with E-state index < -0.39 is 5.54 Å². The summed E-state index contributed by atoms with van der Waals surface area (Å²) in [6.45, 7) is 6.23. The van der Waals surface area contributed by atoms with E-state index >= 15 is 0 Å².